The molecule has 5 nitrogen and oxygen atoms in total. The molecule has 6 heteroatoms. The molecule has 0 saturated heterocycles. The second kappa shape index (κ2) is 5.77. The summed E-state index contributed by atoms with van der Waals surface area (Å²) in [5.74, 6) is 0.215. The Morgan fingerprint density at radius 2 is 2.22 bits per heavy atom. The Bertz CT molecular complexity index is 475. The van der Waals surface area contributed by atoms with E-state index in [2.05, 4.69) is 9.71 Å². The third-order valence-electron chi connectivity index (χ3n) is 3.23. The van der Waals surface area contributed by atoms with Gasteiger partial charge in [0.05, 0.1) is 6.10 Å². The average Bonchev–Trinajstić information content (AvgIpc) is 2.38. The Kier molecular flexibility index (Phi) is 4.31. The number of aromatic nitrogens is 1. The molecule has 1 aliphatic rings. The van der Waals surface area contributed by atoms with Crippen LogP contribution in [0.1, 0.15) is 25.7 Å². The summed E-state index contributed by atoms with van der Waals surface area (Å²) in [6.45, 7) is 0.371. The summed E-state index contributed by atoms with van der Waals surface area (Å²) in [4.78, 5) is 3.83. The molecule has 2 N–H and O–H groups in total. The molecule has 1 saturated carbocycles. The maximum atomic E-state index is 11.9. The highest BCUT2D eigenvalue weighted by atomic mass is 32.2. The number of hydrogen-bond acceptors (Lipinski definition) is 4. The summed E-state index contributed by atoms with van der Waals surface area (Å²) < 4.78 is 26.4. The van der Waals surface area contributed by atoms with Gasteiger partial charge in [0.25, 0.3) is 10.0 Å². The van der Waals surface area contributed by atoms with Crippen LogP contribution in [0.4, 0.5) is 0 Å². The van der Waals surface area contributed by atoms with Crippen LogP contribution in [0.5, 0.6) is 0 Å². The van der Waals surface area contributed by atoms with E-state index in [-0.39, 0.29) is 17.0 Å². The van der Waals surface area contributed by atoms with Gasteiger partial charge in [0.2, 0.25) is 0 Å². The highest BCUT2D eigenvalue weighted by molar-refractivity contribution is 7.89. The Morgan fingerprint density at radius 1 is 1.39 bits per heavy atom. The minimum absolute atomic E-state index is 0.0429. The molecular formula is C12H18N2O3S. The van der Waals surface area contributed by atoms with E-state index >= 15 is 0 Å². The first-order valence-corrected chi connectivity index (χ1v) is 7.65. The van der Waals surface area contributed by atoms with E-state index in [1.807, 2.05) is 0 Å². The molecule has 0 aliphatic heterocycles. The highest BCUT2D eigenvalue weighted by Crippen LogP contribution is 2.23. The fourth-order valence-electron chi connectivity index (χ4n) is 2.26. The molecule has 1 aliphatic carbocycles. The van der Waals surface area contributed by atoms with Gasteiger partial charge >= 0.3 is 0 Å². The summed E-state index contributed by atoms with van der Waals surface area (Å²) in [5, 5.41) is 9.58. The van der Waals surface area contributed by atoms with Crippen molar-refractivity contribution in [1.82, 2.24) is 9.71 Å². The second-order valence-corrected chi connectivity index (χ2v) is 6.42. The summed E-state index contributed by atoms with van der Waals surface area (Å²) in [6.07, 6.45) is 4.58. The second-order valence-electron chi connectivity index (χ2n) is 4.71. The number of aliphatic hydroxyl groups excluding tert-OH is 1. The van der Waals surface area contributed by atoms with Crippen LogP contribution in [-0.4, -0.2) is 31.2 Å². The molecule has 2 unspecified atom stereocenters. The van der Waals surface area contributed by atoms with Crippen LogP contribution < -0.4 is 4.72 Å². The van der Waals surface area contributed by atoms with Gasteiger partial charge in [0.15, 0.2) is 5.03 Å². The monoisotopic (exact) mass is 270 g/mol. The van der Waals surface area contributed by atoms with Gasteiger partial charge in [-0.05, 0) is 37.3 Å². The minimum atomic E-state index is -3.52. The third kappa shape index (κ3) is 3.51. The number of sulfonamides is 1. The van der Waals surface area contributed by atoms with Crippen molar-refractivity contribution >= 4 is 10.0 Å². The molecule has 1 aromatic heterocycles. The van der Waals surface area contributed by atoms with Crippen LogP contribution in [0.15, 0.2) is 29.4 Å². The van der Waals surface area contributed by atoms with Crippen LogP contribution in [-0.2, 0) is 10.0 Å². The molecular weight excluding hydrogens is 252 g/mol. The normalized spacial score (nSPS) is 24.9. The zero-order chi connectivity index (χ0) is 13.0. The topological polar surface area (TPSA) is 79.3 Å². The number of nitrogens with zero attached hydrogens (tertiary/aromatic N) is 1. The average molecular weight is 270 g/mol. The van der Waals surface area contributed by atoms with Crippen molar-refractivity contribution in [3.8, 4) is 0 Å². The van der Waals surface area contributed by atoms with Crippen molar-refractivity contribution in [2.24, 2.45) is 5.92 Å². The van der Waals surface area contributed by atoms with Crippen LogP contribution >= 0.6 is 0 Å². The van der Waals surface area contributed by atoms with Crippen LogP contribution in [0.25, 0.3) is 0 Å². The number of hydrogen-bond donors (Lipinski definition) is 2. The van der Waals surface area contributed by atoms with Gasteiger partial charge in [-0.3, -0.25) is 0 Å². The summed E-state index contributed by atoms with van der Waals surface area (Å²) in [6, 6.07) is 4.79. The van der Waals surface area contributed by atoms with Crippen LogP contribution in [0.3, 0.4) is 0 Å². The maximum Gasteiger partial charge on any atom is 0.258 e. The van der Waals surface area contributed by atoms with E-state index in [0.29, 0.717) is 13.0 Å². The van der Waals surface area contributed by atoms with E-state index in [9.17, 15) is 13.5 Å². The quantitative estimate of drug-likeness (QED) is 0.852. The lowest BCUT2D eigenvalue weighted by Crippen LogP contribution is -2.33. The van der Waals surface area contributed by atoms with Crippen molar-refractivity contribution in [3.05, 3.63) is 24.4 Å². The first kappa shape index (κ1) is 13.5. The third-order valence-corrected chi connectivity index (χ3v) is 4.57. The van der Waals surface area contributed by atoms with Crippen molar-refractivity contribution in [2.45, 2.75) is 36.8 Å². The molecule has 1 fully saturated rings. The molecule has 0 amide bonds. The smallest absolute Gasteiger partial charge is 0.258 e. The molecule has 2 rings (SSSR count). The molecule has 2 atom stereocenters. The largest absolute Gasteiger partial charge is 0.393 e. The lowest BCUT2D eigenvalue weighted by Gasteiger charge is -2.25. The molecule has 0 radical (unpaired) electrons. The Morgan fingerprint density at radius 3 is 2.89 bits per heavy atom. The Hall–Kier alpha value is -0.980. The molecule has 18 heavy (non-hydrogen) atoms. The molecule has 0 spiro atoms. The van der Waals surface area contributed by atoms with Crippen molar-refractivity contribution in [3.63, 3.8) is 0 Å². The van der Waals surface area contributed by atoms with E-state index in [0.717, 1.165) is 19.3 Å². The number of pyridine rings is 1. The standard InChI is InChI=1S/C12H18N2O3S/c15-11-5-3-4-10(8-11)9-14-18(16,17)12-6-1-2-7-13-12/h1-2,6-7,10-11,14-15H,3-5,8-9H2. The van der Waals surface area contributed by atoms with Gasteiger partial charge in [0.1, 0.15) is 0 Å². The zero-order valence-electron chi connectivity index (χ0n) is 10.1. The van der Waals surface area contributed by atoms with Gasteiger partial charge in [-0.2, -0.15) is 0 Å². The predicted molar refractivity (Wildman–Crippen MR) is 67.4 cm³/mol. The van der Waals surface area contributed by atoms with Crippen LogP contribution in [0, 0.1) is 5.92 Å². The van der Waals surface area contributed by atoms with E-state index in [4.69, 9.17) is 0 Å². The number of rotatable bonds is 4. The summed E-state index contributed by atoms with van der Waals surface area (Å²) in [5.41, 5.74) is 0. The lowest BCUT2D eigenvalue weighted by atomic mass is 9.87. The zero-order valence-corrected chi connectivity index (χ0v) is 10.9. The molecule has 100 valence electrons. The fraction of sp³-hybridized carbons (Fsp3) is 0.583. The number of nitrogens with one attached hydrogen (secondary N) is 1. The van der Waals surface area contributed by atoms with Gasteiger partial charge in [0, 0.05) is 12.7 Å². The first-order chi connectivity index (χ1) is 8.58. The first-order valence-electron chi connectivity index (χ1n) is 6.17. The van der Waals surface area contributed by atoms with E-state index in [1.165, 1.54) is 12.3 Å². The Balaban J connectivity index is 1.93. The van der Waals surface area contributed by atoms with Gasteiger partial charge in [-0.15, -0.1) is 0 Å². The highest BCUT2D eigenvalue weighted by Gasteiger charge is 2.22. The van der Waals surface area contributed by atoms with E-state index < -0.39 is 10.0 Å². The summed E-state index contributed by atoms with van der Waals surface area (Å²) >= 11 is 0. The van der Waals surface area contributed by atoms with Gasteiger partial charge < -0.3 is 5.11 Å². The number of aliphatic hydroxyl groups is 1. The predicted octanol–water partition coefficient (Wildman–Crippen LogP) is 0.911. The van der Waals surface area contributed by atoms with Gasteiger partial charge in [-0.1, -0.05) is 12.5 Å². The molecule has 1 aromatic rings. The van der Waals surface area contributed by atoms with Crippen molar-refractivity contribution in [1.29, 1.82) is 0 Å². The van der Waals surface area contributed by atoms with Crippen molar-refractivity contribution < 1.29 is 13.5 Å². The SMILES string of the molecule is O=S(=O)(NCC1CCCC(O)C1)c1ccccn1. The van der Waals surface area contributed by atoms with Gasteiger partial charge in [-0.25, -0.2) is 18.1 Å². The molecule has 1 heterocycles. The maximum absolute atomic E-state index is 11.9. The van der Waals surface area contributed by atoms with Crippen molar-refractivity contribution in [2.75, 3.05) is 6.54 Å². The van der Waals surface area contributed by atoms with Crippen LogP contribution in [0.2, 0.25) is 0 Å². The lowest BCUT2D eigenvalue weighted by molar-refractivity contribution is 0.102. The Labute approximate surface area is 107 Å². The fourth-order valence-corrected chi connectivity index (χ4v) is 3.32. The minimum Gasteiger partial charge on any atom is -0.393 e. The van der Waals surface area contributed by atoms with E-state index in [1.54, 1.807) is 12.1 Å². The molecule has 0 bridgehead atoms. The summed E-state index contributed by atoms with van der Waals surface area (Å²) in [7, 11) is -3.52. The molecule has 0 aromatic carbocycles.